The topological polar surface area (TPSA) is 59.7 Å². The second-order valence-corrected chi connectivity index (χ2v) is 3.61. The number of benzene rings is 1. The van der Waals surface area contributed by atoms with E-state index in [2.05, 4.69) is 4.42 Å². The van der Waals surface area contributed by atoms with E-state index in [0.717, 1.165) is 6.26 Å². The van der Waals surface area contributed by atoms with E-state index >= 15 is 0 Å². The second kappa shape index (κ2) is 4.33. The molecule has 0 unspecified atom stereocenters. The lowest BCUT2D eigenvalue weighted by atomic mass is 10.0. The third-order valence-corrected chi connectivity index (χ3v) is 2.59. The highest BCUT2D eigenvalue weighted by atomic mass is 16.5. The largest absolute Gasteiger partial charge is 0.504 e. The highest BCUT2D eigenvalue weighted by Crippen LogP contribution is 2.36. The predicted octanol–water partition coefficient (Wildman–Crippen LogP) is 2.33. The van der Waals surface area contributed by atoms with Crippen molar-refractivity contribution in [3.8, 4) is 22.6 Å². The molecule has 4 nitrogen and oxygen atoms in total. The van der Waals surface area contributed by atoms with Crippen LogP contribution in [0.15, 0.2) is 39.7 Å². The fourth-order valence-corrected chi connectivity index (χ4v) is 1.74. The summed E-state index contributed by atoms with van der Waals surface area (Å²) >= 11 is 0. The van der Waals surface area contributed by atoms with Crippen LogP contribution in [0.1, 0.15) is 5.56 Å². The van der Waals surface area contributed by atoms with Gasteiger partial charge in [-0.2, -0.15) is 0 Å². The highest BCUT2D eigenvalue weighted by molar-refractivity contribution is 5.77. The third kappa shape index (κ3) is 1.89. The summed E-state index contributed by atoms with van der Waals surface area (Å²) in [5, 5.41) is 9.80. The molecule has 0 radical (unpaired) electrons. The average molecular weight is 232 g/mol. The summed E-state index contributed by atoms with van der Waals surface area (Å²) in [6.07, 6.45) is 1.04. The van der Waals surface area contributed by atoms with Gasteiger partial charge in [0.1, 0.15) is 12.0 Å². The van der Waals surface area contributed by atoms with Gasteiger partial charge in [-0.15, -0.1) is 0 Å². The average Bonchev–Trinajstić information content (AvgIpc) is 2.35. The van der Waals surface area contributed by atoms with E-state index in [9.17, 15) is 9.90 Å². The normalized spacial score (nSPS) is 10.2. The van der Waals surface area contributed by atoms with Crippen LogP contribution >= 0.6 is 0 Å². The van der Waals surface area contributed by atoms with Gasteiger partial charge in [-0.3, -0.25) is 0 Å². The van der Waals surface area contributed by atoms with E-state index in [4.69, 9.17) is 4.74 Å². The van der Waals surface area contributed by atoms with E-state index in [1.54, 1.807) is 19.1 Å². The molecule has 88 valence electrons. The lowest BCUT2D eigenvalue weighted by Gasteiger charge is -2.10. The molecule has 2 rings (SSSR count). The number of rotatable bonds is 2. The maximum absolute atomic E-state index is 11.4. The number of hydrogen-bond donors (Lipinski definition) is 1. The van der Waals surface area contributed by atoms with Crippen molar-refractivity contribution >= 4 is 0 Å². The molecule has 0 fully saturated rings. The Morgan fingerprint density at radius 3 is 2.71 bits per heavy atom. The van der Waals surface area contributed by atoms with Gasteiger partial charge in [-0.25, -0.2) is 4.79 Å². The lowest BCUT2D eigenvalue weighted by molar-refractivity contribution is 0.411. The van der Waals surface area contributed by atoms with Crippen molar-refractivity contribution in [3.05, 3.63) is 46.5 Å². The van der Waals surface area contributed by atoms with Crippen LogP contribution in [-0.4, -0.2) is 12.2 Å². The zero-order chi connectivity index (χ0) is 12.4. The van der Waals surface area contributed by atoms with Crippen LogP contribution in [0.3, 0.4) is 0 Å². The van der Waals surface area contributed by atoms with Gasteiger partial charge >= 0.3 is 5.63 Å². The predicted molar refractivity (Wildman–Crippen MR) is 63.4 cm³/mol. The minimum Gasteiger partial charge on any atom is -0.504 e. The smallest absolute Gasteiger partial charge is 0.339 e. The summed E-state index contributed by atoms with van der Waals surface area (Å²) in [6, 6.07) is 7.18. The van der Waals surface area contributed by atoms with Gasteiger partial charge in [0, 0.05) is 16.7 Å². The van der Waals surface area contributed by atoms with Crippen molar-refractivity contribution in [2.24, 2.45) is 0 Å². The molecule has 0 saturated carbocycles. The van der Waals surface area contributed by atoms with Crippen LogP contribution < -0.4 is 10.4 Å². The maximum atomic E-state index is 11.4. The molecule has 0 atom stereocenters. The van der Waals surface area contributed by atoms with Gasteiger partial charge in [0.25, 0.3) is 0 Å². The van der Waals surface area contributed by atoms with Crippen LogP contribution in [0.25, 0.3) is 11.1 Å². The molecule has 17 heavy (non-hydrogen) atoms. The molecular formula is C13H12O4. The number of ether oxygens (including phenoxy) is 1. The Kier molecular flexibility index (Phi) is 2.87. The Hall–Kier alpha value is -2.23. The van der Waals surface area contributed by atoms with E-state index in [-0.39, 0.29) is 5.75 Å². The number of methoxy groups -OCH3 is 1. The summed E-state index contributed by atoms with van der Waals surface area (Å²) in [4.78, 5) is 11.4. The summed E-state index contributed by atoms with van der Waals surface area (Å²) < 4.78 is 9.88. The molecule has 1 heterocycles. The fourth-order valence-electron chi connectivity index (χ4n) is 1.74. The van der Waals surface area contributed by atoms with Gasteiger partial charge in [0.2, 0.25) is 0 Å². The van der Waals surface area contributed by atoms with Gasteiger partial charge in [-0.1, -0.05) is 18.2 Å². The van der Waals surface area contributed by atoms with Crippen molar-refractivity contribution < 1.29 is 14.3 Å². The molecule has 4 heteroatoms. The van der Waals surface area contributed by atoms with Crippen molar-refractivity contribution in [1.82, 2.24) is 0 Å². The first-order valence-corrected chi connectivity index (χ1v) is 5.10. The van der Waals surface area contributed by atoms with Crippen LogP contribution in [0.2, 0.25) is 0 Å². The summed E-state index contributed by atoms with van der Waals surface area (Å²) in [6.45, 7) is 1.60. The molecule has 0 aliphatic carbocycles. The minimum absolute atomic E-state index is 0.0772. The maximum Gasteiger partial charge on any atom is 0.339 e. The lowest BCUT2D eigenvalue weighted by Crippen LogP contribution is -2.04. The third-order valence-electron chi connectivity index (χ3n) is 2.59. The van der Waals surface area contributed by atoms with Gasteiger partial charge < -0.3 is 14.3 Å². The number of hydrogen-bond acceptors (Lipinski definition) is 4. The van der Waals surface area contributed by atoms with Gasteiger partial charge in [0.05, 0.1) is 7.11 Å². The Bertz CT molecular complexity index is 599. The standard InChI is InChI=1S/C13H12O4/c1-8-12(10(14)7-17-13(8)15)9-5-3-4-6-11(9)16-2/h3-7,14H,1-2H3. The van der Waals surface area contributed by atoms with Crippen LogP contribution in [-0.2, 0) is 0 Å². The van der Waals surface area contributed by atoms with Crippen molar-refractivity contribution in [2.75, 3.05) is 7.11 Å². The highest BCUT2D eigenvalue weighted by Gasteiger charge is 2.15. The van der Waals surface area contributed by atoms with Gasteiger partial charge in [0.15, 0.2) is 5.75 Å². The number of aromatic hydroxyl groups is 1. The first kappa shape index (κ1) is 11.3. The van der Waals surface area contributed by atoms with E-state index in [1.165, 1.54) is 7.11 Å². The first-order chi connectivity index (χ1) is 8.15. The van der Waals surface area contributed by atoms with Crippen molar-refractivity contribution in [1.29, 1.82) is 0 Å². The zero-order valence-corrected chi connectivity index (χ0v) is 9.56. The Morgan fingerprint density at radius 2 is 2.00 bits per heavy atom. The van der Waals surface area contributed by atoms with Crippen LogP contribution in [0.5, 0.6) is 11.5 Å². The molecule has 0 bridgehead atoms. The van der Waals surface area contributed by atoms with E-state index < -0.39 is 5.63 Å². The molecular weight excluding hydrogens is 220 g/mol. The first-order valence-electron chi connectivity index (χ1n) is 5.10. The fraction of sp³-hybridized carbons (Fsp3) is 0.154. The van der Waals surface area contributed by atoms with E-state index in [1.807, 2.05) is 12.1 Å². The summed E-state index contributed by atoms with van der Waals surface area (Å²) in [5.74, 6) is 0.517. The van der Waals surface area contributed by atoms with E-state index in [0.29, 0.717) is 22.4 Å². The molecule has 1 aromatic carbocycles. The Balaban J connectivity index is 2.77. The molecule has 1 N–H and O–H groups in total. The number of para-hydroxylation sites is 1. The second-order valence-electron chi connectivity index (χ2n) is 3.61. The molecule has 1 aromatic heterocycles. The van der Waals surface area contributed by atoms with Crippen molar-refractivity contribution in [3.63, 3.8) is 0 Å². The summed E-state index contributed by atoms with van der Waals surface area (Å²) in [5.41, 5.74) is 0.995. The van der Waals surface area contributed by atoms with Gasteiger partial charge in [-0.05, 0) is 13.0 Å². The molecule has 0 spiro atoms. The summed E-state index contributed by atoms with van der Waals surface area (Å²) in [7, 11) is 1.54. The SMILES string of the molecule is COc1ccccc1-c1c(O)coc(=O)c1C. The van der Waals surface area contributed by atoms with Crippen LogP contribution in [0, 0.1) is 6.92 Å². The van der Waals surface area contributed by atoms with Crippen molar-refractivity contribution in [2.45, 2.75) is 6.92 Å². The molecule has 0 aliphatic heterocycles. The molecule has 2 aromatic rings. The monoisotopic (exact) mass is 232 g/mol. The Morgan fingerprint density at radius 1 is 1.29 bits per heavy atom. The Labute approximate surface area is 98.1 Å². The quantitative estimate of drug-likeness (QED) is 0.863. The minimum atomic E-state index is -0.469. The zero-order valence-electron chi connectivity index (χ0n) is 9.56. The molecule has 0 saturated heterocycles. The molecule has 0 aliphatic rings. The molecule has 0 amide bonds. The van der Waals surface area contributed by atoms with Crippen LogP contribution in [0.4, 0.5) is 0 Å².